The van der Waals surface area contributed by atoms with Crippen LogP contribution in [0.1, 0.15) is 51.5 Å². The Morgan fingerprint density at radius 3 is 2.56 bits per heavy atom. The highest BCUT2D eigenvalue weighted by Gasteiger charge is 2.68. The molecule has 0 bridgehead atoms. The van der Waals surface area contributed by atoms with E-state index >= 15 is 0 Å². The average Bonchev–Trinajstić information content (AvgIpc) is 3.14. The Bertz CT molecular complexity index is 1220. The minimum Gasteiger partial charge on any atom is -0.457 e. The maximum absolute atomic E-state index is 13.4. The number of esters is 1. The number of hydrogen-bond donors (Lipinski definition) is 2. The Balaban J connectivity index is 1.26. The Kier molecular flexibility index (Phi) is 7.04. The van der Waals surface area contributed by atoms with Crippen LogP contribution in [0.2, 0.25) is 0 Å². The van der Waals surface area contributed by atoms with E-state index < -0.39 is 47.5 Å². The minimum atomic E-state index is -2.95. The van der Waals surface area contributed by atoms with Crippen molar-refractivity contribution in [3.8, 4) is 5.75 Å². The Labute approximate surface area is 225 Å². The second kappa shape index (κ2) is 9.93. The number of halogens is 2. The number of alkyl halides is 2. The van der Waals surface area contributed by atoms with Gasteiger partial charge in [-0.25, -0.2) is 0 Å². The zero-order chi connectivity index (χ0) is 28.2. The van der Waals surface area contributed by atoms with Gasteiger partial charge in [-0.05, 0) is 73.8 Å². The molecule has 6 unspecified atom stereocenters. The first-order chi connectivity index (χ1) is 18.4. The summed E-state index contributed by atoms with van der Waals surface area (Å²) in [6, 6.07) is 5.54. The highest BCUT2D eigenvalue weighted by Crippen LogP contribution is 2.67. The number of rotatable bonds is 7. The van der Waals surface area contributed by atoms with Crippen LogP contribution >= 0.6 is 0 Å². The van der Waals surface area contributed by atoms with E-state index in [0.717, 1.165) is 18.4 Å². The van der Waals surface area contributed by atoms with Crippen molar-refractivity contribution in [1.82, 2.24) is 0 Å². The number of allylic oxidation sites excluding steroid dienone is 4. The third-order valence-corrected chi connectivity index (χ3v) is 9.97. The first-order valence-corrected chi connectivity index (χ1v) is 13.4. The molecule has 1 aromatic rings. The van der Waals surface area contributed by atoms with Crippen molar-refractivity contribution in [2.45, 2.75) is 70.7 Å². The molecule has 3 saturated carbocycles. The first-order valence-electron chi connectivity index (χ1n) is 13.4. The fraction of sp³-hybridized carbons (Fsp3) is 0.567. The summed E-state index contributed by atoms with van der Waals surface area (Å²) in [4.78, 5) is 37.8. The molecule has 7 atom stereocenters. The standard InChI is InChI=1S/C30H34F2O7/c1-28-11-9-19(33)14-18(28)5-8-21-22-10-12-30(37,29(22,2)15-23(34)26(21)28)24(35)16-38-25(36)13-17-3-6-20(7-4-17)39-27(31)32/h3-4,6-7,9,11,14,21-23,26-27,34,37H,5,8,10,12-13,15-16H2,1-2H3/t21?,22?,23?,26?,28?,29?,30-/m0/s1. The van der Waals surface area contributed by atoms with Gasteiger partial charge >= 0.3 is 12.6 Å². The van der Waals surface area contributed by atoms with E-state index in [-0.39, 0.29) is 48.5 Å². The molecule has 4 aliphatic carbocycles. The van der Waals surface area contributed by atoms with Gasteiger partial charge in [-0.3, -0.25) is 14.4 Å². The summed E-state index contributed by atoms with van der Waals surface area (Å²) in [5.74, 6) is -1.40. The number of Topliss-reactive ketones (excluding diaryl/α,β-unsaturated/α-hetero) is 1. The van der Waals surface area contributed by atoms with Crippen molar-refractivity contribution in [3.63, 3.8) is 0 Å². The van der Waals surface area contributed by atoms with E-state index in [2.05, 4.69) is 11.7 Å². The van der Waals surface area contributed by atoms with Crippen LogP contribution in [0, 0.1) is 28.6 Å². The second-order valence-electron chi connectivity index (χ2n) is 11.9. The summed E-state index contributed by atoms with van der Waals surface area (Å²) in [6.45, 7) is 0.386. The Hall–Kier alpha value is -2.91. The molecule has 39 heavy (non-hydrogen) atoms. The van der Waals surface area contributed by atoms with Crippen molar-refractivity contribution in [2.24, 2.45) is 28.6 Å². The van der Waals surface area contributed by atoms with Crippen molar-refractivity contribution < 1.29 is 42.9 Å². The summed E-state index contributed by atoms with van der Waals surface area (Å²) in [5, 5.41) is 23.2. The highest BCUT2D eigenvalue weighted by molar-refractivity contribution is 6.01. The maximum atomic E-state index is 13.4. The van der Waals surface area contributed by atoms with Gasteiger partial charge in [-0.15, -0.1) is 0 Å². The summed E-state index contributed by atoms with van der Waals surface area (Å²) in [6.07, 6.45) is 6.78. The molecular formula is C30H34F2O7. The van der Waals surface area contributed by atoms with E-state index in [1.165, 1.54) is 24.3 Å². The lowest BCUT2D eigenvalue weighted by Gasteiger charge is -2.59. The van der Waals surface area contributed by atoms with Crippen molar-refractivity contribution in [3.05, 3.63) is 53.6 Å². The maximum Gasteiger partial charge on any atom is 0.387 e. The minimum absolute atomic E-state index is 0.00562. The monoisotopic (exact) mass is 544 g/mol. The molecule has 0 radical (unpaired) electrons. The van der Waals surface area contributed by atoms with Crippen LogP contribution in [0.3, 0.4) is 0 Å². The summed E-state index contributed by atoms with van der Waals surface area (Å²) in [5.41, 5.74) is -1.54. The number of ketones is 2. The van der Waals surface area contributed by atoms with Crippen molar-refractivity contribution in [2.75, 3.05) is 6.61 Å². The van der Waals surface area contributed by atoms with Crippen LogP contribution in [0.5, 0.6) is 5.75 Å². The fourth-order valence-electron chi connectivity index (χ4n) is 8.06. The van der Waals surface area contributed by atoms with Crippen LogP contribution in [0.15, 0.2) is 48.1 Å². The van der Waals surface area contributed by atoms with Gasteiger partial charge in [0.15, 0.2) is 12.4 Å². The zero-order valence-electron chi connectivity index (χ0n) is 22.1. The number of aliphatic hydroxyl groups is 2. The predicted octanol–water partition coefficient (Wildman–Crippen LogP) is 3.95. The molecule has 210 valence electrons. The van der Waals surface area contributed by atoms with Gasteiger partial charge in [0.05, 0.1) is 12.5 Å². The lowest BCUT2D eigenvalue weighted by atomic mass is 9.46. The normalized spacial score (nSPS) is 37.0. The Morgan fingerprint density at radius 1 is 1.15 bits per heavy atom. The number of aliphatic hydroxyl groups excluding tert-OH is 1. The van der Waals surface area contributed by atoms with E-state index in [4.69, 9.17) is 4.74 Å². The van der Waals surface area contributed by atoms with Gasteiger partial charge in [0.2, 0.25) is 5.78 Å². The molecule has 9 heteroatoms. The van der Waals surface area contributed by atoms with Gasteiger partial charge in [-0.1, -0.05) is 37.6 Å². The molecule has 0 heterocycles. The number of benzene rings is 1. The van der Waals surface area contributed by atoms with E-state index in [9.17, 15) is 33.4 Å². The van der Waals surface area contributed by atoms with Crippen molar-refractivity contribution >= 4 is 17.5 Å². The number of ether oxygens (including phenoxy) is 2. The molecule has 1 aromatic carbocycles. The molecule has 0 aliphatic heterocycles. The predicted molar refractivity (Wildman–Crippen MR) is 136 cm³/mol. The van der Waals surface area contributed by atoms with Crippen LogP contribution in [-0.4, -0.2) is 52.7 Å². The number of hydrogen-bond acceptors (Lipinski definition) is 7. The number of carbonyl (C=O) groups excluding carboxylic acids is 3. The van der Waals surface area contributed by atoms with Gasteiger partial charge < -0.3 is 19.7 Å². The summed E-state index contributed by atoms with van der Waals surface area (Å²) in [7, 11) is 0. The molecule has 0 aromatic heterocycles. The molecule has 2 N–H and O–H groups in total. The van der Waals surface area contributed by atoms with Crippen LogP contribution in [0.4, 0.5) is 8.78 Å². The van der Waals surface area contributed by atoms with Gasteiger partial charge in [0.1, 0.15) is 11.4 Å². The fourth-order valence-corrected chi connectivity index (χ4v) is 8.06. The van der Waals surface area contributed by atoms with E-state index in [1.807, 2.05) is 13.0 Å². The molecule has 5 rings (SSSR count). The molecule has 0 amide bonds. The Morgan fingerprint density at radius 2 is 1.87 bits per heavy atom. The third-order valence-electron chi connectivity index (χ3n) is 9.97. The largest absolute Gasteiger partial charge is 0.457 e. The quantitative estimate of drug-likeness (QED) is 0.500. The SMILES string of the molecule is CC12C=CC(=O)C=C1CCC1C2C(O)CC2(C)C1CC[C@]2(O)C(=O)COC(=O)Cc1ccc(OC(F)F)cc1. The van der Waals surface area contributed by atoms with Gasteiger partial charge in [-0.2, -0.15) is 8.78 Å². The summed E-state index contributed by atoms with van der Waals surface area (Å²) >= 11 is 0. The van der Waals surface area contributed by atoms with Crippen molar-refractivity contribution in [1.29, 1.82) is 0 Å². The number of carbonyl (C=O) groups is 3. The smallest absolute Gasteiger partial charge is 0.387 e. The van der Waals surface area contributed by atoms with Crippen LogP contribution < -0.4 is 4.74 Å². The molecule has 4 aliphatic rings. The third kappa shape index (κ3) is 4.63. The average molecular weight is 545 g/mol. The van der Waals surface area contributed by atoms with E-state index in [0.29, 0.717) is 12.0 Å². The zero-order valence-corrected chi connectivity index (χ0v) is 22.1. The highest BCUT2D eigenvalue weighted by atomic mass is 19.3. The van der Waals surface area contributed by atoms with E-state index in [1.54, 1.807) is 12.2 Å². The summed E-state index contributed by atoms with van der Waals surface area (Å²) < 4.78 is 34.2. The molecule has 0 spiro atoms. The second-order valence-corrected chi connectivity index (χ2v) is 11.9. The molecule has 7 nitrogen and oxygen atoms in total. The lowest BCUT2D eigenvalue weighted by molar-refractivity contribution is -0.181. The van der Waals surface area contributed by atoms with Crippen LogP contribution in [-0.2, 0) is 25.5 Å². The number of fused-ring (bicyclic) bond motifs is 5. The molecular weight excluding hydrogens is 510 g/mol. The van der Waals surface area contributed by atoms with Gasteiger partial charge in [0, 0.05) is 16.7 Å². The van der Waals surface area contributed by atoms with Gasteiger partial charge in [0.25, 0.3) is 0 Å². The molecule has 0 saturated heterocycles. The first kappa shape index (κ1) is 27.6. The molecule has 3 fully saturated rings. The lowest BCUT2D eigenvalue weighted by Crippen LogP contribution is -2.61. The topological polar surface area (TPSA) is 110 Å². The van der Waals surface area contributed by atoms with Crippen LogP contribution in [0.25, 0.3) is 0 Å².